The van der Waals surface area contributed by atoms with Gasteiger partial charge in [0.2, 0.25) is 0 Å². The zero-order valence-electron chi connectivity index (χ0n) is 44.0. The Kier molecular flexibility index (Phi) is 16.2. The van der Waals surface area contributed by atoms with Crippen LogP contribution in [-0.2, 0) is 4.79 Å². The largest absolute Gasteiger partial charge is 0.496 e. The van der Waals surface area contributed by atoms with E-state index in [0.717, 1.165) is 11.1 Å². The van der Waals surface area contributed by atoms with Crippen LogP contribution in [0.15, 0.2) is 152 Å². The van der Waals surface area contributed by atoms with Crippen molar-refractivity contribution in [1.29, 1.82) is 0 Å². The molecule has 71 heavy (non-hydrogen) atoms. The van der Waals surface area contributed by atoms with E-state index in [4.69, 9.17) is 18.9 Å². The van der Waals surface area contributed by atoms with Crippen LogP contribution in [0.2, 0.25) is 0 Å². The third kappa shape index (κ3) is 10.1. The van der Waals surface area contributed by atoms with Crippen LogP contribution >= 0.6 is 7.92 Å². The first kappa shape index (κ1) is 51.2. The highest BCUT2D eigenvalue weighted by molar-refractivity contribution is 7.66. The molecule has 0 spiro atoms. The number of hydrogen-bond acceptors (Lipinski definition) is 5. The van der Waals surface area contributed by atoms with E-state index in [9.17, 15) is 0 Å². The Balaban J connectivity index is 1.66. The second-order valence-electron chi connectivity index (χ2n) is 20.3. The van der Waals surface area contributed by atoms with E-state index in [0.29, 0.717) is 35.8 Å². The van der Waals surface area contributed by atoms with Gasteiger partial charge < -0.3 is 18.9 Å². The number of ether oxygens (including phenoxy) is 4. The van der Waals surface area contributed by atoms with Gasteiger partial charge in [-0.25, -0.2) is 0 Å². The Morgan fingerprint density at radius 2 is 0.662 bits per heavy atom. The topological polar surface area (TPSA) is 54.0 Å². The van der Waals surface area contributed by atoms with Crippen molar-refractivity contribution in [2.75, 3.05) is 28.4 Å². The lowest BCUT2D eigenvalue weighted by Crippen LogP contribution is -2.31. The highest BCUT2D eigenvalue weighted by Gasteiger charge is 2.47. The van der Waals surface area contributed by atoms with Crippen LogP contribution < -0.4 is 24.3 Å². The first-order valence-electron chi connectivity index (χ1n) is 25.5. The summed E-state index contributed by atoms with van der Waals surface area (Å²) in [6, 6.07) is 55.4. The number of benzene rings is 7. The summed E-state index contributed by atoms with van der Waals surface area (Å²) in [6.07, 6.45) is 0.631. The molecule has 4 atom stereocenters. The lowest BCUT2D eigenvalue weighted by molar-refractivity contribution is -0.119. The quantitative estimate of drug-likeness (QED) is 0.0672. The summed E-state index contributed by atoms with van der Waals surface area (Å²) in [6.45, 7) is 18.6. The summed E-state index contributed by atoms with van der Waals surface area (Å²) in [5, 5.41) is 1.29. The number of ketones is 1. The molecule has 368 valence electrons. The fourth-order valence-corrected chi connectivity index (χ4v) is 15.6. The third-order valence-electron chi connectivity index (χ3n) is 14.8. The molecule has 6 heteroatoms. The van der Waals surface area contributed by atoms with Gasteiger partial charge in [-0.05, 0) is 109 Å². The van der Waals surface area contributed by atoms with Crippen LogP contribution in [0.4, 0.5) is 0 Å². The molecular formula is C65H73O5P. The van der Waals surface area contributed by atoms with Crippen molar-refractivity contribution < 1.29 is 23.7 Å². The predicted molar refractivity (Wildman–Crippen MR) is 296 cm³/mol. The second kappa shape index (κ2) is 22.5. The summed E-state index contributed by atoms with van der Waals surface area (Å²) in [5.74, 6) is 3.66. The molecule has 1 aliphatic rings. The number of carbonyl (C=O) groups excluding carboxylic acids is 1. The first-order chi connectivity index (χ1) is 34.3. The molecule has 1 fully saturated rings. The van der Waals surface area contributed by atoms with Crippen LogP contribution in [0.25, 0.3) is 0 Å². The van der Waals surface area contributed by atoms with Gasteiger partial charge in [-0.1, -0.05) is 191 Å². The molecule has 1 saturated heterocycles. The molecule has 0 saturated carbocycles. The smallest absolute Gasteiger partial charge is 0.134 e. The van der Waals surface area contributed by atoms with Gasteiger partial charge >= 0.3 is 0 Å². The number of Topliss-reactive ketones (excluding diaryl/α,β-unsaturated/α-hetero) is 1. The van der Waals surface area contributed by atoms with Crippen LogP contribution in [0, 0.1) is 0 Å². The van der Waals surface area contributed by atoms with E-state index in [2.05, 4.69) is 171 Å². The minimum atomic E-state index is -1.47. The van der Waals surface area contributed by atoms with Crippen molar-refractivity contribution in [3.05, 3.63) is 218 Å². The predicted octanol–water partition coefficient (Wildman–Crippen LogP) is 16.5. The molecule has 0 aliphatic carbocycles. The lowest BCUT2D eigenvalue weighted by atomic mass is 9.73. The van der Waals surface area contributed by atoms with Crippen LogP contribution in [0.5, 0.6) is 23.0 Å². The Labute approximate surface area is 425 Å². The molecule has 4 unspecified atom stereocenters. The van der Waals surface area contributed by atoms with Crippen molar-refractivity contribution in [3.63, 3.8) is 0 Å². The van der Waals surface area contributed by atoms with Gasteiger partial charge in [0.25, 0.3) is 0 Å². The van der Waals surface area contributed by atoms with Gasteiger partial charge in [-0.2, -0.15) is 0 Å². The Morgan fingerprint density at radius 1 is 0.380 bits per heavy atom. The molecule has 0 bridgehead atoms. The molecular weight excluding hydrogens is 892 g/mol. The van der Waals surface area contributed by atoms with Gasteiger partial charge in [-0.15, -0.1) is 0 Å². The van der Waals surface area contributed by atoms with Gasteiger partial charge in [0.15, 0.2) is 0 Å². The van der Waals surface area contributed by atoms with E-state index >= 15 is 4.79 Å². The molecule has 8 rings (SSSR count). The highest BCUT2D eigenvalue weighted by atomic mass is 31.1. The molecule has 7 aromatic rings. The Morgan fingerprint density at radius 3 is 0.944 bits per heavy atom. The van der Waals surface area contributed by atoms with Crippen LogP contribution in [0.3, 0.4) is 0 Å². The van der Waals surface area contributed by atoms with Crippen LogP contribution in [0.1, 0.15) is 182 Å². The minimum absolute atomic E-state index is 0.177. The SMILES string of the molecule is COc1cccc(OC)c1C1CC(=O)CC(c2c(OC)cccc2OC)P1c1c(C(c2ccccc2)c2c(C(C)C)cccc2C(C)C)cccc1C(c1ccccc1)c1c(C(C)C)cccc1C(C)C. The molecule has 5 nitrogen and oxygen atoms in total. The van der Waals surface area contributed by atoms with Crippen molar-refractivity contribution in [3.8, 4) is 23.0 Å². The fraction of sp³-hybridized carbons (Fsp3) is 0.338. The average molecular weight is 965 g/mol. The Hall–Kier alpha value is -6.16. The lowest BCUT2D eigenvalue weighted by Gasteiger charge is -2.44. The van der Waals surface area contributed by atoms with E-state index in [1.54, 1.807) is 28.4 Å². The third-order valence-corrected chi connectivity index (χ3v) is 18.0. The number of hydrogen-bond donors (Lipinski definition) is 0. The number of methoxy groups -OCH3 is 4. The van der Waals surface area contributed by atoms with E-state index in [-0.39, 0.29) is 52.6 Å². The zero-order chi connectivity index (χ0) is 50.5. The Bertz CT molecular complexity index is 2650. The number of rotatable bonds is 17. The molecule has 0 N–H and O–H groups in total. The summed E-state index contributed by atoms with van der Waals surface area (Å²) in [5.41, 5.74) is 14.2. The fourth-order valence-electron chi connectivity index (χ4n) is 11.7. The maximum absolute atomic E-state index is 15.1. The molecule has 0 radical (unpaired) electrons. The first-order valence-corrected chi connectivity index (χ1v) is 27.0. The van der Waals surface area contributed by atoms with E-state index < -0.39 is 7.92 Å². The van der Waals surface area contributed by atoms with Crippen LogP contribution in [-0.4, -0.2) is 34.2 Å². The standard InChI is InChI=1S/C65H73O5P/c1-40(2)47-28-19-29-48(41(3)4)61(47)59(44-24-15-13-16-25-44)51-32-21-33-52(60(45-26-17-14-18-27-45)62-49(42(5)6)30-20-31-50(62)43(7)8)65(51)71-57(63-53(67-9)34-22-35-54(63)68-10)38-46(66)39-58(71)64-55(69-11)36-23-37-56(64)70-12/h13-37,40-43,57-60H,38-39H2,1-12H3. The maximum atomic E-state index is 15.1. The van der Waals surface area contributed by atoms with Crippen molar-refractivity contribution >= 4 is 19.0 Å². The second-order valence-corrected chi connectivity index (χ2v) is 22.8. The summed E-state index contributed by atoms with van der Waals surface area (Å²) < 4.78 is 25.4. The molecule has 1 heterocycles. The van der Waals surface area contributed by atoms with Gasteiger partial charge in [0.05, 0.1) is 28.4 Å². The molecule has 0 amide bonds. The maximum Gasteiger partial charge on any atom is 0.134 e. The number of carbonyl (C=O) groups is 1. The van der Waals surface area contributed by atoms with Gasteiger partial charge in [0.1, 0.15) is 28.8 Å². The van der Waals surface area contributed by atoms with Crippen molar-refractivity contribution in [2.24, 2.45) is 0 Å². The molecule has 1 aliphatic heterocycles. The van der Waals surface area contributed by atoms with Crippen molar-refractivity contribution in [1.82, 2.24) is 0 Å². The monoisotopic (exact) mass is 965 g/mol. The summed E-state index contributed by atoms with van der Waals surface area (Å²) in [4.78, 5) is 15.1. The van der Waals surface area contributed by atoms with E-state index in [1.165, 1.54) is 60.9 Å². The zero-order valence-corrected chi connectivity index (χ0v) is 44.8. The average Bonchev–Trinajstić information content (AvgIpc) is 3.38. The van der Waals surface area contributed by atoms with E-state index in [1.807, 2.05) is 36.4 Å². The highest BCUT2D eigenvalue weighted by Crippen LogP contribution is 2.71. The summed E-state index contributed by atoms with van der Waals surface area (Å²) in [7, 11) is 5.45. The normalized spacial score (nSPS) is 16.9. The summed E-state index contributed by atoms with van der Waals surface area (Å²) >= 11 is 0. The molecule has 0 aromatic heterocycles. The molecule has 7 aromatic carbocycles. The van der Waals surface area contributed by atoms with Gasteiger partial charge in [0, 0.05) is 47.1 Å². The minimum Gasteiger partial charge on any atom is -0.496 e. The van der Waals surface area contributed by atoms with Crippen molar-refractivity contribution in [2.45, 2.75) is 115 Å². The van der Waals surface area contributed by atoms with Gasteiger partial charge in [-0.3, -0.25) is 4.79 Å².